The predicted molar refractivity (Wildman–Crippen MR) is 94.7 cm³/mol. The van der Waals surface area contributed by atoms with E-state index in [1.807, 2.05) is 36.4 Å². The number of phenols is 1. The highest BCUT2D eigenvalue weighted by atomic mass is 16.3. The van der Waals surface area contributed by atoms with E-state index in [1.54, 1.807) is 6.07 Å². The molecular weight excluding hydrogens is 302 g/mol. The number of anilines is 1. The average molecular weight is 315 g/mol. The van der Waals surface area contributed by atoms with Crippen LogP contribution in [0.15, 0.2) is 60.7 Å². The maximum Gasteiger partial charge on any atom is 0.186 e. The molecule has 0 aromatic heterocycles. The molecule has 4 nitrogen and oxygen atoms in total. The minimum Gasteiger partial charge on any atom is -0.506 e. The molecule has 3 N–H and O–H groups in total. The topological polar surface area (TPSA) is 80.4 Å². The zero-order valence-corrected chi connectivity index (χ0v) is 12.6. The number of hydrogen-bond acceptors (Lipinski definition) is 4. The second-order valence-corrected chi connectivity index (χ2v) is 5.72. The third kappa shape index (κ3) is 2.01. The van der Waals surface area contributed by atoms with Crippen molar-refractivity contribution in [1.29, 1.82) is 0 Å². The molecule has 0 amide bonds. The van der Waals surface area contributed by atoms with E-state index in [9.17, 15) is 14.7 Å². The lowest BCUT2D eigenvalue weighted by Gasteiger charge is -2.16. The molecular formula is C20H13NO3. The Morgan fingerprint density at radius 1 is 0.875 bits per heavy atom. The molecule has 1 aliphatic carbocycles. The van der Waals surface area contributed by atoms with Gasteiger partial charge in [0.2, 0.25) is 0 Å². The van der Waals surface area contributed by atoms with Crippen LogP contribution in [0.25, 0.3) is 27.1 Å². The maximum atomic E-state index is 12.3. The normalized spacial score (nSPS) is 14.4. The third-order valence-electron chi connectivity index (χ3n) is 4.29. The molecule has 0 unspecified atom stereocenters. The van der Waals surface area contributed by atoms with Crippen LogP contribution in [0.1, 0.15) is 5.56 Å². The summed E-state index contributed by atoms with van der Waals surface area (Å²) in [6, 6.07) is 13.2. The van der Waals surface area contributed by atoms with Crippen molar-refractivity contribution < 1.29 is 14.7 Å². The van der Waals surface area contributed by atoms with Gasteiger partial charge < -0.3 is 10.8 Å². The molecule has 0 bridgehead atoms. The highest BCUT2D eigenvalue weighted by Gasteiger charge is 2.22. The fourth-order valence-electron chi connectivity index (χ4n) is 3.15. The number of ketones is 2. The number of nitrogen functional groups attached to an aromatic ring is 1. The Morgan fingerprint density at radius 3 is 2.50 bits per heavy atom. The Hall–Kier alpha value is -3.40. The Balaban J connectivity index is 2.16. The summed E-state index contributed by atoms with van der Waals surface area (Å²) >= 11 is 0. The van der Waals surface area contributed by atoms with Gasteiger partial charge in [0.1, 0.15) is 5.75 Å². The van der Waals surface area contributed by atoms with Gasteiger partial charge in [-0.3, -0.25) is 9.59 Å². The van der Waals surface area contributed by atoms with Crippen molar-refractivity contribution in [2.45, 2.75) is 0 Å². The molecule has 4 rings (SSSR count). The van der Waals surface area contributed by atoms with Gasteiger partial charge in [-0.05, 0) is 45.8 Å². The summed E-state index contributed by atoms with van der Waals surface area (Å²) in [7, 11) is 0. The van der Waals surface area contributed by atoms with Crippen LogP contribution in [-0.2, 0) is 9.59 Å². The lowest BCUT2D eigenvalue weighted by atomic mass is 9.89. The van der Waals surface area contributed by atoms with Crippen LogP contribution in [0.4, 0.5) is 5.69 Å². The molecule has 116 valence electrons. The summed E-state index contributed by atoms with van der Waals surface area (Å²) in [5, 5.41) is 13.7. The third-order valence-corrected chi connectivity index (χ3v) is 4.29. The van der Waals surface area contributed by atoms with Crippen LogP contribution in [0, 0.1) is 0 Å². The van der Waals surface area contributed by atoms with Crippen LogP contribution >= 0.6 is 0 Å². The minimum absolute atomic E-state index is 0.0977. The number of aromatic hydroxyl groups is 1. The van der Waals surface area contributed by atoms with Gasteiger partial charge in [-0.25, -0.2) is 0 Å². The average Bonchev–Trinajstić information content (AvgIpc) is 2.59. The largest absolute Gasteiger partial charge is 0.506 e. The van der Waals surface area contributed by atoms with Crippen LogP contribution < -0.4 is 5.73 Å². The maximum absolute atomic E-state index is 12.3. The van der Waals surface area contributed by atoms with Gasteiger partial charge in [0, 0.05) is 11.1 Å². The Bertz CT molecular complexity index is 1110. The monoisotopic (exact) mass is 315 g/mol. The van der Waals surface area contributed by atoms with Crippen molar-refractivity contribution in [2.24, 2.45) is 0 Å². The Kier molecular flexibility index (Phi) is 3.00. The van der Waals surface area contributed by atoms with E-state index in [-0.39, 0.29) is 28.6 Å². The summed E-state index contributed by atoms with van der Waals surface area (Å²) in [6.07, 6.45) is 3.72. The lowest BCUT2D eigenvalue weighted by Crippen LogP contribution is -2.09. The van der Waals surface area contributed by atoms with E-state index in [2.05, 4.69) is 0 Å². The molecule has 0 saturated heterocycles. The van der Waals surface area contributed by atoms with E-state index < -0.39 is 0 Å². The molecule has 0 fully saturated rings. The number of allylic oxidation sites excluding steroid dienone is 4. The zero-order valence-electron chi connectivity index (χ0n) is 12.6. The van der Waals surface area contributed by atoms with Crippen LogP contribution in [0.5, 0.6) is 5.75 Å². The van der Waals surface area contributed by atoms with Gasteiger partial charge in [-0.2, -0.15) is 0 Å². The fourth-order valence-corrected chi connectivity index (χ4v) is 3.15. The van der Waals surface area contributed by atoms with Crippen LogP contribution in [-0.4, -0.2) is 16.7 Å². The SMILES string of the molecule is Nc1c(O)cc2c(ccc3ccccc32)c1C1=CC(=O)C=CC1=O. The van der Waals surface area contributed by atoms with E-state index in [0.29, 0.717) is 5.56 Å². The predicted octanol–water partition coefficient (Wildman–Crippen LogP) is 3.37. The molecule has 24 heavy (non-hydrogen) atoms. The molecule has 0 saturated carbocycles. The molecule has 3 aromatic carbocycles. The van der Waals surface area contributed by atoms with E-state index in [1.165, 1.54) is 18.2 Å². The van der Waals surface area contributed by atoms with E-state index in [4.69, 9.17) is 5.73 Å². The first kappa shape index (κ1) is 14.2. The number of carbonyl (C=O) groups is 2. The molecule has 0 heterocycles. The van der Waals surface area contributed by atoms with Gasteiger partial charge in [0.25, 0.3) is 0 Å². The summed E-state index contributed by atoms with van der Waals surface area (Å²) < 4.78 is 0. The molecule has 0 atom stereocenters. The number of benzene rings is 3. The van der Waals surface area contributed by atoms with E-state index >= 15 is 0 Å². The van der Waals surface area contributed by atoms with Crippen molar-refractivity contribution in [2.75, 3.05) is 5.73 Å². The number of fused-ring (bicyclic) bond motifs is 3. The highest BCUT2D eigenvalue weighted by molar-refractivity contribution is 6.37. The second-order valence-electron chi connectivity index (χ2n) is 5.72. The van der Waals surface area contributed by atoms with Crippen molar-refractivity contribution in [3.05, 3.63) is 66.3 Å². The first-order valence-corrected chi connectivity index (χ1v) is 7.47. The number of phenolic OH excluding ortho intramolecular Hbond substituents is 1. The Morgan fingerprint density at radius 2 is 1.67 bits per heavy atom. The first-order chi connectivity index (χ1) is 11.6. The number of hydrogen-bond donors (Lipinski definition) is 2. The van der Waals surface area contributed by atoms with Crippen LogP contribution in [0.2, 0.25) is 0 Å². The van der Waals surface area contributed by atoms with Gasteiger partial charge in [-0.15, -0.1) is 0 Å². The standard InChI is InChI=1S/C20H13NO3/c21-20-18(24)10-15-13-4-2-1-3-11(13)5-7-14(15)19(20)16-9-12(22)6-8-17(16)23/h1-10,24H,21H2. The second kappa shape index (κ2) is 5.06. The minimum atomic E-state index is -0.304. The van der Waals surface area contributed by atoms with Crippen molar-refractivity contribution in [1.82, 2.24) is 0 Å². The summed E-state index contributed by atoms with van der Waals surface area (Å²) in [4.78, 5) is 24.0. The summed E-state index contributed by atoms with van der Waals surface area (Å²) in [6.45, 7) is 0. The fraction of sp³-hybridized carbons (Fsp3) is 0. The molecule has 3 aromatic rings. The van der Waals surface area contributed by atoms with Gasteiger partial charge in [0.15, 0.2) is 11.6 Å². The first-order valence-electron chi connectivity index (χ1n) is 7.47. The number of rotatable bonds is 1. The van der Waals surface area contributed by atoms with Gasteiger partial charge in [-0.1, -0.05) is 36.4 Å². The quantitative estimate of drug-likeness (QED) is 0.312. The van der Waals surface area contributed by atoms with Crippen LogP contribution in [0.3, 0.4) is 0 Å². The highest BCUT2D eigenvalue weighted by Crippen LogP contribution is 2.40. The van der Waals surface area contributed by atoms with Gasteiger partial charge in [0.05, 0.1) is 5.69 Å². The van der Waals surface area contributed by atoms with Crippen molar-refractivity contribution >= 4 is 44.4 Å². The Labute approximate surface area is 137 Å². The molecule has 1 aliphatic rings. The summed E-state index contributed by atoms with van der Waals surface area (Å²) in [5.74, 6) is -0.688. The molecule has 0 spiro atoms. The zero-order chi connectivity index (χ0) is 16.8. The molecule has 0 aliphatic heterocycles. The van der Waals surface area contributed by atoms with Gasteiger partial charge >= 0.3 is 0 Å². The molecule has 4 heteroatoms. The van der Waals surface area contributed by atoms with Crippen molar-refractivity contribution in [3.8, 4) is 5.75 Å². The van der Waals surface area contributed by atoms with E-state index in [0.717, 1.165) is 21.5 Å². The number of nitrogens with two attached hydrogens (primary N) is 1. The molecule has 0 radical (unpaired) electrons. The number of carbonyl (C=O) groups excluding carboxylic acids is 2. The lowest BCUT2D eigenvalue weighted by molar-refractivity contribution is -0.113. The van der Waals surface area contributed by atoms with Crippen molar-refractivity contribution in [3.63, 3.8) is 0 Å². The smallest absolute Gasteiger partial charge is 0.186 e. The summed E-state index contributed by atoms with van der Waals surface area (Å²) in [5.41, 5.74) is 6.76.